The normalized spacial score (nSPS) is 14.2. The molecule has 0 fully saturated rings. The van der Waals surface area contributed by atoms with Gasteiger partial charge in [0.1, 0.15) is 11.6 Å². The number of hydrogen-bond acceptors (Lipinski definition) is 1. The Morgan fingerprint density at radius 3 is 2.28 bits per heavy atom. The van der Waals surface area contributed by atoms with E-state index in [4.69, 9.17) is 0 Å². The fourth-order valence-electron chi connectivity index (χ4n) is 1.95. The third kappa shape index (κ3) is 2.57. The van der Waals surface area contributed by atoms with Crippen molar-refractivity contribution in [3.05, 3.63) is 71.3 Å². The van der Waals surface area contributed by atoms with Crippen LogP contribution < -0.4 is 0 Å². The number of aliphatic hydroxyl groups is 1. The van der Waals surface area contributed by atoms with E-state index in [0.717, 1.165) is 17.7 Å². The maximum Gasteiger partial charge on any atom is 0.131 e. The summed E-state index contributed by atoms with van der Waals surface area (Å²) >= 11 is 0. The molecule has 0 saturated carbocycles. The van der Waals surface area contributed by atoms with Crippen molar-refractivity contribution in [3.8, 4) is 0 Å². The van der Waals surface area contributed by atoms with Crippen molar-refractivity contribution in [2.24, 2.45) is 0 Å². The number of hydrogen-bond donors (Lipinski definition) is 1. The second kappa shape index (κ2) is 5.27. The maximum atomic E-state index is 13.6. The molecular formula is C15H14F2O. The highest BCUT2D eigenvalue weighted by molar-refractivity contribution is 5.27. The first-order valence-electron chi connectivity index (χ1n) is 5.77. The van der Waals surface area contributed by atoms with Gasteiger partial charge in [-0.3, -0.25) is 0 Å². The number of benzene rings is 2. The molecule has 0 amide bonds. The Hall–Kier alpha value is -1.74. The molecule has 2 aromatic carbocycles. The van der Waals surface area contributed by atoms with Crippen LogP contribution in [0.3, 0.4) is 0 Å². The topological polar surface area (TPSA) is 20.2 Å². The summed E-state index contributed by atoms with van der Waals surface area (Å²) in [6.07, 6.45) is -0.993. The van der Waals surface area contributed by atoms with Crippen molar-refractivity contribution >= 4 is 0 Å². The molecule has 18 heavy (non-hydrogen) atoms. The fraction of sp³-hybridized carbons (Fsp3) is 0.200. The van der Waals surface area contributed by atoms with E-state index in [2.05, 4.69) is 0 Å². The van der Waals surface area contributed by atoms with Crippen molar-refractivity contribution in [2.75, 3.05) is 0 Å². The lowest BCUT2D eigenvalue weighted by atomic mass is 9.90. The van der Waals surface area contributed by atoms with Gasteiger partial charge in [-0.25, -0.2) is 8.78 Å². The Kier molecular flexibility index (Phi) is 3.72. The van der Waals surface area contributed by atoms with Crippen LogP contribution in [0.2, 0.25) is 0 Å². The average Bonchev–Trinajstić information content (AvgIpc) is 2.38. The largest absolute Gasteiger partial charge is 0.388 e. The highest BCUT2D eigenvalue weighted by Gasteiger charge is 2.21. The van der Waals surface area contributed by atoms with E-state index in [1.807, 2.05) is 37.3 Å². The highest BCUT2D eigenvalue weighted by atomic mass is 19.1. The fourth-order valence-corrected chi connectivity index (χ4v) is 1.95. The predicted octanol–water partition coefficient (Wildman–Crippen LogP) is 3.80. The molecule has 2 atom stereocenters. The van der Waals surface area contributed by atoms with Crippen LogP contribution in [0.4, 0.5) is 8.78 Å². The van der Waals surface area contributed by atoms with Crippen LogP contribution in [0.15, 0.2) is 48.5 Å². The first kappa shape index (κ1) is 12.7. The lowest BCUT2D eigenvalue weighted by molar-refractivity contribution is 0.147. The van der Waals surface area contributed by atoms with Gasteiger partial charge >= 0.3 is 0 Å². The third-order valence-electron chi connectivity index (χ3n) is 3.08. The molecular weight excluding hydrogens is 234 g/mol. The first-order chi connectivity index (χ1) is 8.59. The first-order valence-corrected chi connectivity index (χ1v) is 5.77. The Morgan fingerprint density at radius 2 is 1.67 bits per heavy atom. The molecule has 2 unspecified atom stereocenters. The molecule has 1 N–H and O–H groups in total. The monoisotopic (exact) mass is 248 g/mol. The van der Waals surface area contributed by atoms with Gasteiger partial charge in [0.25, 0.3) is 0 Å². The zero-order valence-electron chi connectivity index (χ0n) is 9.98. The Morgan fingerprint density at radius 1 is 1.00 bits per heavy atom. The van der Waals surface area contributed by atoms with Crippen LogP contribution in [-0.4, -0.2) is 5.11 Å². The maximum absolute atomic E-state index is 13.6. The van der Waals surface area contributed by atoms with Crippen LogP contribution >= 0.6 is 0 Å². The zero-order chi connectivity index (χ0) is 13.1. The second-order valence-corrected chi connectivity index (χ2v) is 4.31. The van der Waals surface area contributed by atoms with Crippen molar-refractivity contribution in [3.63, 3.8) is 0 Å². The smallest absolute Gasteiger partial charge is 0.131 e. The Labute approximate surface area is 105 Å². The molecule has 3 heteroatoms. The summed E-state index contributed by atoms with van der Waals surface area (Å²) in [6.45, 7) is 1.81. The standard InChI is InChI=1S/C15H14F2O/c1-10(11-5-3-2-4-6-11)15(18)13-8-7-12(16)9-14(13)17/h2-10,15,18H,1H3. The third-order valence-corrected chi connectivity index (χ3v) is 3.08. The molecule has 0 aliphatic carbocycles. The summed E-state index contributed by atoms with van der Waals surface area (Å²) in [4.78, 5) is 0. The van der Waals surface area contributed by atoms with Crippen molar-refractivity contribution in [1.29, 1.82) is 0 Å². The Balaban J connectivity index is 2.28. The minimum atomic E-state index is -0.993. The number of halogens is 2. The molecule has 1 nitrogen and oxygen atoms in total. The van der Waals surface area contributed by atoms with Crippen LogP contribution in [0, 0.1) is 11.6 Å². The molecule has 0 aliphatic rings. The van der Waals surface area contributed by atoms with Crippen LogP contribution in [0.25, 0.3) is 0 Å². The van der Waals surface area contributed by atoms with Gasteiger partial charge in [-0.05, 0) is 11.6 Å². The lowest BCUT2D eigenvalue weighted by Crippen LogP contribution is -2.09. The summed E-state index contributed by atoms with van der Waals surface area (Å²) < 4.78 is 26.4. The van der Waals surface area contributed by atoms with E-state index in [-0.39, 0.29) is 11.5 Å². The lowest BCUT2D eigenvalue weighted by Gasteiger charge is -2.20. The van der Waals surface area contributed by atoms with E-state index in [1.54, 1.807) is 0 Å². The van der Waals surface area contributed by atoms with Crippen LogP contribution in [0.5, 0.6) is 0 Å². The summed E-state index contributed by atoms with van der Waals surface area (Å²) in [5.41, 5.74) is 1.03. The quantitative estimate of drug-likeness (QED) is 0.875. The SMILES string of the molecule is CC(c1ccccc1)C(O)c1ccc(F)cc1F. The minimum absolute atomic E-state index is 0.118. The Bertz CT molecular complexity index is 525. The zero-order valence-corrected chi connectivity index (χ0v) is 9.98. The molecule has 0 bridgehead atoms. The van der Waals surface area contributed by atoms with Gasteiger partial charge in [0.2, 0.25) is 0 Å². The van der Waals surface area contributed by atoms with Crippen molar-refractivity contribution in [2.45, 2.75) is 18.9 Å². The molecule has 0 aliphatic heterocycles. The van der Waals surface area contributed by atoms with E-state index < -0.39 is 17.7 Å². The molecule has 0 radical (unpaired) electrons. The van der Waals surface area contributed by atoms with Gasteiger partial charge < -0.3 is 5.11 Å². The molecule has 0 spiro atoms. The van der Waals surface area contributed by atoms with E-state index >= 15 is 0 Å². The van der Waals surface area contributed by atoms with Gasteiger partial charge in [0, 0.05) is 17.5 Å². The van der Waals surface area contributed by atoms with Gasteiger partial charge in [-0.15, -0.1) is 0 Å². The van der Waals surface area contributed by atoms with E-state index in [0.29, 0.717) is 0 Å². The highest BCUT2D eigenvalue weighted by Crippen LogP contribution is 2.31. The van der Waals surface area contributed by atoms with Gasteiger partial charge in [0.05, 0.1) is 6.10 Å². The summed E-state index contributed by atoms with van der Waals surface area (Å²) in [7, 11) is 0. The molecule has 94 valence electrons. The number of aliphatic hydroxyl groups excluding tert-OH is 1. The number of rotatable bonds is 3. The van der Waals surface area contributed by atoms with E-state index in [1.165, 1.54) is 6.07 Å². The average molecular weight is 248 g/mol. The van der Waals surface area contributed by atoms with Gasteiger partial charge in [-0.1, -0.05) is 43.3 Å². The molecule has 0 aromatic heterocycles. The predicted molar refractivity (Wildman–Crippen MR) is 66.2 cm³/mol. The summed E-state index contributed by atoms with van der Waals surface area (Å²) in [5, 5.41) is 10.2. The minimum Gasteiger partial charge on any atom is -0.388 e. The van der Waals surface area contributed by atoms with Gasteiger partial charge in [0.15, 0.2) is 0 Å². The van der Waals surface area contributed by atoms with Crippen LogP contribution in [-0.2, 0) is 0 Å². The molecule has 2 rings (SSSR count). The second-order valence-electron chi connectivity index (χ2n) is 4.31. The summed E-state index contributed by atoms with van der Waals surface area (Å²) in [6, 6.07) is 12.6. The molecule has 2 aromatic rings. The van der Waals surface area contributed by atoms with Crippen molar-refractivity contribution < 1.29 is 13.9 Å². The summed E-state index contributed by atoms with van der Waals surface area (Å²) in [5.74, 6) is -1.62. The van der Waals surface area contributed by atoms with Crippen LogP contribution in [0.1, 0.15) is 30.1 Å². The van der Waals surface area contributed by atoms with E-state index in [9.17, 15) is 13.9 Å². The van der Waals surface area contributed by atoms with Crippen molar-refractivity contribution in [1.82, 2.24) is 0 Å². The molecule has 0 heterocycles. The molecule has 0 saturated heterocycles. The van der Waals surface area contributed by atoms with Gasteiger partial charge in [-0.2, -0.15) is 0 Å².